The maximum Gasteiger partial charge on any atom is -0.00425 e. The van der Waals surface area contributed by atoms with Crippen LogP contribution in [0.25, 0.3) is 0 Å². The number of allylic oxidation sites excluding steroid dienone is 1. The second-order valence-corrected chi connectivity index (χ2v) is 5.52. The minimum Gasteiger partial charge on any atom is -0.330 e. The molecule has 1 heteroatoms. The second kappa shape index (κ2) is 4.97. The molecule has 82 valence electrons. The van der Waals surface area contributed by atoms with Crippen molar-refractivity contribution >= 4 is 0 Å². The Labute approximate surface area is 88.8 Å². The Morgan fingerprint density at radius 3 is 2.64 bits per heavy atom. The summed E-state index contributed by atoms with van der Waals surface area (Å²) in [6.07, 6.45) is 8.92. The van der Waals surface area contributed by atoms with Crippen molar-refractivity contribution < 1.29 is 0 Å². The highest BCUT2D eigenvalue weighted by Crippen LogP contribution is 2.41. The molecule has 1 fully saturated rings. The van der Waals surface area contributed by atoms with E-state index in [1.807, 2.05) is 0 Å². The monoisotopic (exact) mass is 195 g/mol. The van der Waals surface area contributed by atoms with Crippen molar-refractivity contribution in [3.8, 4) is 0 Å². The molecule has 0 amide bonds. The van der Waals surface area contributed by atoms with E-state index in [0.717, 1.165) is 18.9 Å². The van der Waals surface area contributed by atoms with Crippen LogP contribution in [0.5, 0.6) is 0 Å². The lowest BCUT2D eigenvalue weighted by Crippen LogP contribution is -2.25. The van der Waals surface area contributed by atoms with E-state index < -0.39 is 0 Å². The van der Waals surface area contributed by atoms with Gasteiger partial charge in [0.1, 0.15) is 0 Å². The molecule has 1 atom stereocenters. The molecule has 14 heavy (non-hydrogen) atoms. The molecule has 1 nitrogen and oxygen atoms in total. The van der Waals surface area contributed by atoms with E-state index >= 15 is 0 Å². The largest absolute Gasteiger partial charge is 0.330 e. The number of hydrogen-bond acceptors (Lipinski definition) is 1. The number of nitrogens with two attached hydrogens (primary N) is 1. The van der Waals surface area contributed by atoms with Gasteiger partial charge in [-0.25, -0.2) is 0 Å². The highest BCUT2D eigenvalue weighted by Gasteiger charge is 2.29. The molecule has 0 radical (unpaired) electrons. The molecule has 0 spiro atoms. The minimum absolute atomic E-state index is 0.431. The Hall–Kier alpha value is -0.300. The van der Waals surface area contributed by atoms with E-state index in [1.54, 1.807) is 5.57 Å². The molecule has 0 aliphatic heterocycles. The predicted octanol–water partition coefficient (Wildman–Crippen LogP) is 3.50. The van der Waals surface area contributed by atoms with Crippen LogP contribution in [-0.2, 0) is 0 Å². The zero-order valence-corrected chi connectivity index (χ0v) is 9.97. The minimum atomic E-state index is 0.431. The van der Waals surface area contributed by atoms with Gasteiger partial charge in [-0.15, -0.1) is 0 Å². The van der Waals surface area contributed by atoms with Crippen molar-refractivity contribution in [2.24, 2.45) is 17.1 Å². The van der Waals surface area contributed by atoms with Gasteiger partial charge in [0.15, 0.2) is 0 Å². The molecule has 2 N–H and O–H groups in total. The van der Waals surface area contributed by atoms with Gasteiger partial charge in [-0.1, -0.05) is 38.8 Å². The van der Waals surface area contributed by atoms with Crippen LogP contribution in [0.2, 0.25) is 0 Å². The standard InChI is InChI=1S/C13H25N/c1-13(2,3)12-9-5-4-7-11(12)8-6-10-14/h8,12H,4-7,9-10,14H2,1-3H3. The van der Waals surface area contributed by atoms with Crippen LogP contribution < -0.4 is 5.73 Å². The van der Waals surface area contributed by atoms with Crippen LogP contribution in [0.4, 0.5) is 0 Å². The molecular weight excluding hydrogens is 170 g/mol. The van der Waals surface area contributed by atoms with E-state index in [4.69, 9.17) is 5.73 Å². The van der Waals surface area contributed by atoms with E-state index in [0.29, 0.717) is 5.41 Å². The molecule has 0 aromatic carbocycles. The Kier molecular flexibility index (Phi) is 4.18. The first-order chi connectivity index (χ1) is 6.55. The van der Waals surface area contributed by atoms with Gasteiger partial charge in [0.05, 0.1) is 0 Å². The van der Waals surface area contributed by atoms with Gasteiger partial charge < -0.3 is 5.73 Å². The fourth-order valence-corrected chi connectivity index (χ4v) is 2.54. The highest BCUT2D eigenvalue weighted by molar-refractivity contribution is 5.12. The van der Waals surface area contributed by atoms with Gasteiger partial charge in [0, 0.05) is 0 Å². The van der Waals surface area contributed by atoms with Crippen molar-refractivity contribution in [3.05, 3.63) is 11.6 Å². The van der Waals surface area contributed by atoms with E-state index in [9.17, 15) is 0 Å². The fraction of sp³-hybridized carbons (Fsp3) is 0.846. The Morgan fingerprint density at radius 2 is 2.07 bits per heavy atom. The average molecular weight is 195 g/mol. The number of hydrogen-bond donors (Lipinski definition) is 1. The summed E-state index contributed by atoms with van der Waals surface area (Å²) in [7, 11) is 0. The number of rotatable bonds is 2. The van der Waals surface area contributed by atoms with Crippen molar-refractivity contribution in [1.29, 1.82) is 0 Å². The summed E-state index contributed by atoms with van der Waals surface area (Å²) in [6.45, 7) is 7.87. The third-order valence-electron chi connectivity index (χ3n) is 3.27. The first-order valence-corrected chi connectivity index (χ1v) is 5.94. The molecule has 0 bridgehead atoms. The van der Waals surface area contributed by atoms with Crippen molar-refractivity contribution in [3.63, 3.8) is 0 Å². The summed E-state index contributed by atoms with van der Waals surface area (Å²) >= 11 is 0. The van der Waals surface area contributed by atoms with Gasteiger partial charge >= 0.3 is 0 Å². The molecule has 0 saturated heterocycles. The quantitative estimate of drug-likeness (QED) is 0.671. The fourth-order valence-electron chi connectivity index (χ4n) is 2.54. The lowest BCUT2D eigenvalue weighted by atomic mass is 9.69. The maximum absolute atomic E-state index is 5.56. The summed E-state index contributed by atoms with van der Waals surface area (Å²) in [5, 5.41) is 0. The topological polar surface area (TPSA) is 26.0 Å². The summed E-state index contributed by atoms with van der Waals surface area (Å²) in [4.78, 5) is 0. The smallest absolute Gasteiger partial charge is 0.00425 e. The lowest BCUT2D eigenvalue weighted by molar-refractivity contribution is 0.235. The third kappa shape index (κ3) is 3.13. The Morgan fingerprint density at radius 1 is 1.36 bits per heavy atom. The van der Waals surface area contributed by atoms with E-state index in [-0.39, 0.29) is 0 Å². The predicted molar refractivity (Wildman–Crippen MR) is 63.2 cm³/mol. The lowest BCUT2D eigenvalue weighted by Gasteiger charge is -2.36. The summed E-state index contributed by atoms with van der Waals surface area (Å²) in [5.41, 5.74) is 7.66. The zero-order chi connectivity index (χ0) is 10.6. The van der Waals surface area contributed by atoms with Crippen LogP contribution >= 0.6 is 0 Å². The molecule has 1 rings (SSSR count). The first-order valence-electron chi connectivity index (χ1n) is 5.94. The summed E-state index contributed by atoms with van der Waals surface area (Å²) in [6, 6.07) is 0. The summed E-state index contributed by atoms with van der Waals surface area (Å²) < 4.78 is 0. The van der Waals surface area contributed by atoms with Gasteiger partial charge in [0.25, 0.3) is 0 Å². The van der Waals surface area contributed by atoms with Crippen LogP contribution in [0.15, 0.2) is 11.6 Å². The van der Waals surface area contributed by atoms with Crippen LogP contribution in [0, 0.1) is 11.3 Å². The molecule has 0 aromatic rings. The van der Waals surface area contributed by atoms with Crippen molar-refractivity contribution in [2.75, 3.05) is 6.54 Å². The normalized spacial score (nSPS) is 26.9. The molecule has 1 aliphatic carbocycles. The van der Waals surface area contributed by atoms with Crippen LogP contribution in [0.1, 0.15) is 52.9 Å². The van der Waals surface area contributed by atoms with Gasteiger partial charge in [-0.2, -0.15) is 0 Å². The van der Waals surface area contributed by atoms with Crippen molar-refractivity contribution in [2.45, 2.75) is 52.9 Å². The molecule has 1 unspecified atom stereocenters. The van der Waals surface area contributed by atoms with Gasteiger partial charge in [0.2, 0.25) is 0 Å². The Bertz CT molecular complexity index is 198. The molecule has 0 aromatic heterocycles. The zero-order valence-electron chi connectivity index (χ0n) is 9.97. The molecule has 0 heterocycles. The average Bonchev–Trinajstić information content (AvgIpc) is 2.14. The molecule has 1 aliphatic rings. The van der Waals surface area contributed by atoms with Crippen LogP contribution in [0.3, 0.4) is 0 Å². The van der Waals surface area contributed by atoms with Crippen LogP contribution in [-0.4, -0.2) is 6.54 Å². The van der Waals surface area contributed by atoms with E-state index in [1.165, 1.54) is 25.7 Å². The Balaban J connectivity index is 2.69. The van der Waals surface area contributed by atoms with Gasteiger partial charge in [-0.05, 0) is 43.6 Å². The first kappa shape index (κ1) is 11.8. The molecule has 1 saturated carbocycles. The van der Waals surface area contributed by atoms with E-state index in [2.05, 4.69) is 26.8 Å². The SMILES string of the molecule is CC(C)(C)C1CCCCC1=CCCN. The molecular formula is C13H25N. The second-order valence-electron chi connectivity index (χ2n) is 5.52. The summed E-state index contributed by atoms with van der Waals surface area (Å²) in [5.74, 6) is 0.794. The van der Waals surface area contributed by atoms with Gasteiger partial charge in [-0.3, -0.25) is 0 Å². The van der Waals surface area contributed by atoms with Crippen molar-refractivity contribution in [1.82, 2.24) is 0 Å². The third-order valence-corrected chi connectivity index (χ3v) is 3.27. The maximum atomic E-state index is 5.56. The highest BCUT2D eigenvalue weighted by atomic mass is 14.5.